The van der Waals surface area contributed by atoms with Crippen molar-refractivity contribution < 1.29 is 23.4 Å². The Labute approximate surface area is 109 Å². The van der Waals surface area contributed by atoms with E-state index in [9.17, 15) is 13.6 Å². The maximum absolute atomic E-state index is 12.0. The third-order valence-electron chi connectivity index (χ3n) is 2.30. The highest BCUT2D eigenvalue weighted by atomic mass is 19.3. The fraction of sp³-hybridized carbons (Fsp3) is 0.417. The summed E-state index contributed by atoms with van der Waals surface area (Å²) in [6.45, 7) is -0.497. The molecular formula is C12H16F2N2O3. The zero-order valence-corrected chi connectivity index (χ0v) is 10.4. The van der Waals surface area contributed by atoms with Crippen molar-refractivity contribution in [1.82, 2.24) is 5.32 Å². The second kappa shape index (κ2) is 7.65. The van der Waals surface area contributed by atoms with Gasteiger partial charge in [-0.25, -0.2) is 8.78 Å². The van der Waals surface area contributed by atoms with E-state index in [1.54, 1.807) is 24.3 Å². The summed E-state index contributed by atoms with van der Waals surface area (Å²) in [5.41, 5.74) is 0.571. The van der Waals surface area contributed by atoms with E-state index < -0.39 is 12.5 Å². The normalized spacial score (nSPS) is 12.3. The number of hydrogen-bond donors (Lipinski definition) is 3. The van der Waals surface area contributed by atoms with Gasteiger partial charge in [0.25, 0.3) is 6.43 Å². The molecule has 0 radical (unpaired) electrons. The standard InChI is InChI=1S/C12H16F2N2O3/c1-19-9-4-2-8(3-5-9)16-11(18)7-15-6-10(17)12(13)14/h2-5,10,12,15,17H,6-7H2,1H3,(H,16,18). The highest BCUT2D eigenvalue weighted by Gasteiger charge is 2.16. The fourth-order valence-electron chi connectivity index (χ4n) is 1.30. The first kappa shape index (κ1) is 15.3. The number of aliphatic hydroxyl groups excluding tert-OH is 1. The zero-order chi connectivity index (χ0) is 14.3. The monoisotopic (exact) mass is 274 g/mol. The summed E-state index contributed by atoms with van der Waals surface area (Å²) in [6, 6.07) is 6.68. The van der Waals surface area contributed by atoms with Crippen LogP contribution in [0.5, 0.6) is 5.75 Å². The van der Waals surface area contributed by atoms with Gasteiger partial charge in [-0.3, -0.25) is 4.79 Å². The summed E-state index contributed by atoms with van der Waals surface area (Å²) in [5, 5.41) is 13.8. The number of amides is 1. The lowest BCUT2D eigenvalue weighted by atomic mass is 10.3. The van der Waals surface area contributed by atoms with Crippen molar-refractivity contribution in [3.63, 3.8) is 0 Å². The van der Waals surface area contributed by atoms with Crippen LogP contribution in [0.4, 0.5) is 14.5 Å². The fourth-order valence-corrected chi connectivity index (χ4v) is 1.30. The van der Waals surface area contributed by atoms with Crippen molar-refractivity contribution in [3.8, 4) is 5.75 Å². The molecule has 1 unspecified atom stereocenters. The van der Waals surface area contributed by atoms with Crippen LogP contribution in [0.1, 0.15) is 0 Å². The molecule has 19 heavy (non-hydrogen) atoms. The van der Waals surface area contributed by atoms with Crippen LogP contribution in [0.3, 0.4) is 0 Å². The van der Waals surface area contributed by atoms with Crippen LogP contribution in [-0.2, 0) is 4.79 Å². The number of carbonyl (C=O) groups excluding carboxylic acids is 1. The van der Waals surface area contributed by atoms with Crippen LogP contribution in [0.2, 0.25) is 0 Å². The van der Waals surface area contributed by atoms with Crippen molar-refractivity contribution in [1.29, 1.82) is 0 Å². The molecule has 0 saturated carbocycles. The molecule has 1 aromatic carbocycles. The molecule has 5 nitrogen and oxygen atoms in total. The number of aliphatic hydroxyl groups is 1. The van der Waals surface area contributed by atoms with Gasteiger partial charge in [-0.05, 0) is 24.3 Å². The van der Waals surface area contributed by atoms with E-state index in [1.165, 1.54) is 7.11 Å². The Morgan fingerprint density at radius 3 is 2.53 bits per heavy atom. The van der Waals surface area contributed by atoms with Crippen molar-refractivity contribution in [3.05, 3.63) is 24.3 Å². The van der Waals surface area contributed by atoms with Gasteiger partial charge in [0.05, 0.1) is 13.7 Å². The molecule has 0 heterocycles. The van der Waals surface area contributed by atoms with Crippen molar-refractivity contribution in [2.75, 3.05) is 25.5 Å². The van der Waals surface area contributed by atoms with Gasteiger partial charge in [0.2, 0.25) is 5.91 Å². The summed E-state index contributed by atoms with van der Waals surface area (Å²) in [7, 11) is 1.53. The third kappa shape index (κ3) is 5.62. The Kier molecular flexibility index (Phi) is 6.17. The number of methoxy groups -OCH3 is 1. The lowest BCUT2D eigenvalue weighted by molar-refractivity contribution is -0.115. The van der Waals surface area contributed by atoms with E-state index in [-0.39, 0.29) is 19.0 Å². The highest BCUT2D eigenvalue weighted by Crippen LogP contribution is 2.14. The Morgan fingerprint density at radius 2 is 2.00 bits per heavy atom. The maximum Gasteiger partial charge on any atom is 0.265 e. The van der Waals surface area contributed by atoms with Crippen LogP contribution < -0.4 is 15.4 Å². The smallest absolute Gasteiger partial charge is 0.265 e. The highest BCUT2D eigenvalue weighted by molar-refractivity contribution is 5.92. The van der Waals surface area contributed by atoms with Crippen LogP contribution in [0.15, 0.2) is 24.3 Å². The number of halogens is 2. The molecule has 1 rings (SSSR count). The molecule has 7 heteroatoms. The van der Waals surface area contributed by atoms with Gasteiger partial charge in [-0.1, -0.05) is 0 Å². The van der Waals surface area contributed by atoms with E-state index in [0.29, 0.717) is 11.4 Å². The molecule has 0 spiro atoms. The summed E-state index contributed by atoms with van der Waals surface area (Å²) < 4.78 is 28.9. The Hall–Kier alpha value is -1.73. The number of benzene rings is 1. The molecule has 3 N–H and O–H groups in total. The summed E-state index contributed by atoms with van der Waals surface area (Å²) in [4.78, 5) is 11.4. The summed E-state index contributed by atoms with van der Waals surface area (Å²) in [6.07, 6.45) is -4.59. The topological polar surface area (TPSA) is 70.6 Å². The minimum Gasteiger partial charge on any atom is -0.497 e. The number of nitrogens with one attached hydrogen (secondary N) is 2. The Morgan fingerprint density at radius 1 is 1.37 bits per heavy atom. The number of alkyl halides is 2. The first-order valence-electron chi connectivity index (χ1n) is 5.63. The quantitative estimate of drug-likeness (QED) is 0.689. The molecule has 0 aliphatic heterocycles. The largest absolute Gasteiger partial charge is 0.497 e. The molecule has 0 fully saturated rings. The Bertz CT molecular complexity index is 398. The van der Waals surface area contributed by atoms with Crippen LogP contribution >= 0.6 is 0 Å². The molecule has 0 aliphatic carbocycles. The molecule has 0 bridgehead atoms. The van der Waals surface area contributed by atoms with Gasteiger partial charge < -0.3 is 20.5 Å². The first-order chi connectivity index (χ1) is 9.02. The number of hydrogen-bond acceptors (Lipinski definition) is 4. The van der Waals surface area contributed by atoms with Crippen LogP contribution in [-0.4, -0.2) is 43.7 Å². The average Bonchev–Trinajstić information content (AvgIpc) is 2.39. The average molecular weight is 274 g/mol. The predicted octanol–water partition coefficient (Wildman–Crippen LogP) is 0.849. The first-order valence-corrected chi connectivity index (χ1v) is 5.63. The summed E-state index contributed by atoms with van der Waals surface area (Å²) >= 11 is 0. The number of carbonyl (C=O) groups is 1. The third-order valence-corrected chi connectivity index (χ3v) is 2.30. The Balaban J connectivity index is 2.30. The lowest BCUT2D eigenvalue weighted by Crippen LogP contribution is -2.36. The summed E-state index contributed by atoms with van der Waals surface area (Å²) in [5.74, 6) is 0.280. The molecule has 0 aliphatic rings. The van der Waals surface area contributed by atoms with E-state index >= 15 is 0 Å². The number of anilines is 1. The predicted molar refractivity (Wildman–Crippen MR) is 66.5 cm³/mol. The van der Waals surface area contributed by atoms with E-state index in [2.05, 4.69) is 10.6 Å². The minimum absolute atomic E-state index is 0.157. The minimum atomic E-state index is -2.82. The number of rotatable bonds is 7. The maximum atomic E-state index is 12.0. The van der Waals surface area contributed by atoms with Crippen molar-refractivity contribution in [2.24, 2.45) is 0 Å². The van der Waals surface area contributed by atoms with Crippen molar-refractivity contribution >= 4 is 11.6 Å². The number of ether oxygens (including phenoxy) is 1. The van der Waals surface area contributed by atoms with Crippen molar-refractivity contribution in [2.45, 2.75) is 12.5 Å². The second-order valence-corrected chi connectivity index (χ2v) is 3.81. The van der Waals surface area contributed by atoms with Gasteiger partial charge in [0.15, 0.2) is 0 Å². The van der Waals surface area contributed by atoms with E-state index in [0.717, 1.165) is 0 Å². The molecule has 1 aromatic rings. The van der Waals surface area contributed by atoms with Gasteiger partial charge in [0, 0.05) is 12.2 Å². The second-order valence-electron chi connectivity index (χ2n) is 3.81. The molecule has 0 aromatic heterocycles. The molecule has 106 valence electrons. The van der Waals surface area contributed by atoms with E-state index in [1.807, 2.05) is 0 Å². The van der Waals surface area contributed by atoms with Gasteiger partial charge in [-0.15, -0.1) is 0 Å². The SMILES string of the molecule is COc1ccc(NC(=O)CNCC(O)C(F)F)cc1. The molecule has 0 saturated heterocycles. The van der Waals surface area contributed by atoms with E-state index in [4.69, 9.17) is 9.84 Å². The molecule has 1 amide bonds. The van der Waals surface area contributed by atoms with Crippen LogP contribution in [0.25, 0.3) is 0 Å². The molecular weight excluding hydrogens is 258 g/mol. The van der Waals surface area contributed by atoms with Gasteiger partial charge >= 0.3 is 0 Å². The lowest BCUT2D eigenvalue weighted by Gasteiger charge is -2.11. The van der Waals surface area contributed by atoms with Gasteiger partial charge in [0.1, 0.15) is 11.9 Å². The zero-order valence-electron chi connectivity index (χ0n) is 10.4. The molecule has 1 atom stereocenters. The van der Waals surface area contributed by atoms with Gasteiger partial charge in [-0.2, -0.15) is 0 Å². The van der Waals surface area contributed by atoms with Crippen LogP contribution in [0, 0.1) is 0 Å².